The highest BCUT2D eigenvalue weighted by molar-refractivity contribution is 5.87. The first kappa shape index (κ1) is 21.6. The van der Waals surface area contributed by atoms with Gasteiger partial charge in [-0.2, -0.15) is 10.2 Å². The lowest BCUT2D eigenvalue weighted by Crippen LogP contribution is -1.93. The highest BCUT2D eigenvalue weighted by Crippen LogP contribution is 2.32. The summed E-state index contributed by atoms with van der Waals surface area (Å²) in [6.45, 7) is 0. The van der Waals surface area contributed by atoms with E-state index in [0.29, 0.717) is 11.4 Å². The van der Waals surface area contributed by atoms with Gasteiger partial charge in [0.1, 0.15) is 11.4 Å². The number of nitrogens with zero attached hydrogens (tertiary/aromatic N) is 6. The van der Waals surface area contributed by atoms with Gasteiger partial charge in [-0.1, -0.05) is 0 Å². The predicted molar refractivity (Wildman–Crippen MR) is 112 cm³/mol. The minimum absolute atomic E-state index is 0.0904. The molecule has 0 heterocycles. The van der Waals surface area contributed by atoms with E-state index in [-0.39, 0.29) is 22.7 Å². The van der Waals surface area contributed by atoms with Crippen molar-refractivity contribution in [2.75, 3.05) is 0 Å². The van der Waals surface area contributed by atoms with Crippen molar-refractivity contribution in [1.82, 2.24) is 0 Å². The van der Waals surface area contributed by atoms with E-state index >= 15 is 0 Å². The molecule has 0 unspecified atom stereocenters. The molecule has 3 aromatic rings. The lowest BCUT2D eigenvalue weighted by molar-refractivity contribution is -0.393. The molecule has 3 rings (SSSR count). The number of hydrogen-bond acceptors (Lipinski definition) is 10. The minimum atomic E-state index is -0.797. The van der Waals surface area contributed by atoms with Crippen LogP contribution in [0.2, 0.25) is 0 Å². The highest BCUT2D eigenvalue weighted by Gasteiger charge is 2.18. The molecule has 0 amide bonds. The van der Waals surface area contributed by atoms with Crippen LogP contribution in [0.15, 0.2) is 75.9 Å². The maximum absolute atomic E-state index is 11.2. The lowest BCUT2D eigenvalue weighted by atomic mass is 10.2. The molecule has 0 bridgehead atoms. The second kappa shape index (κ2) is 9.17. The highest BCUT2D eigenvalue weighted by atomic mass is 16.6. The summed E-state index contributed by atoms with van der Waals surface area (Å²) in [7, 11) is 0. The van der Waals surface area contributed by atoms with E-state index in [9.17, 15) is 35.4 Å². The Kier molecular flexibility index (Phi) is 6.20. The SMILES string of the molecule is O=[N+]([O-])c1ccc(N=Nc2ccc(O)c(C=Nc3ccc([N+](=O)[O-])cc3[N+](=O)[O-])c2)cc1. The molecule has 0 aliphatic rings. The Bertz CT molecular complexity index is 1270. The summed E-state index contributed by atoms with van der Waals surface area (Å²) < 4.78 is 0. The number of benzene rings is 3. The number of nitro groups is 3. The second-order valence-corrected chi connectivity index (χ2v) is 6.16. The fraction of sp³-hybridized carbons (Fsp3) is 0. The smallest absolute Gasteiger partial charge is 0.301 e. The Balaban J connectivity index is 1.86. The van der Waals surface area contributed by atoms with Gasteiger partial charge in [-0.05, 0) is 36.4 Å². The van der Waals surface area contributed by atoms with Crippen LogP contribution in [0.25, 0.3) is 0 Å². The Morgan fingerprint density at radius 3 is 1.94 bits per heavy atom. The van der Waals surface area contributed by atoms with Crippen molar-refractivity contribution in [3.63, 3.8) is 0 Å². The molecule has 0 saturated carbocycles. The van der Waals surface area contributed by atoms with Gasteiger partial charge in [0.15, 0.2) is 0 Å². The van der Waals surface area contributed by atoms with Crippen LogP contribution >= 0.6 is 0 Å². The Morgan fingerprint density at radius 1 is 0.719 bits per heavy atom. The molecule has 32 heavy (non-hydrogen) atoms. The fourth-order valence-corrected chi connectivity index (χ4v) is 2.48. The van der Waals surface area contributed by atoms with Crippen LogP contribution in [-0.2, 0) is 0 Å². The summed E-state index contributed by atoms with van der Waals surface area (Å²) in [6, 6.07) is 12.6. The van der Waals surface area contributed by atoms with Crippen LogP contribution in [0.3, 0.4) is 0 Å². The van der Waals surface area contributed by atoms with Gasteiger partial charge in [0.2, 0.25) is 0 Å². The zero-order valence-electron chi connectivity index (χ0n) is 15.9. The number of aliphatic imine (C=N–C) groups is 1. The number of aromatic hydroxyl groups is 1. The van der Waals surface area contributed by atoms with E-state index in [1.165, 1.54) is 42.5 Å². The maximum Gasteiger partial charge on any atom is 0.301 e. The molecule has 0 spiro atoms. The molecule has 0 saturated heterocycles. The van der Waals surface area contributed by atoms with Crippen LogP contribution < -0.4 is 0 Å². The number of hydrogen-bond donors (Lipinski definition) is 1. The van der Waals surface area contributed by atoms with Crippen LogP contribution in [0.5, 0.6) is 5.75 Å². The van der Waals surface area contributed by atoms with Crippen molar-refractivity contribution < 1.29 is 19.9 Å². The summed E-state index contributed by atoms with van der Waals surface area (Å²) >= 11 is 0. The van der Waals surface area contributed by atoms with Gasteiger partial charge in [0, 0.05) is 30.0 Å². The van der Waals surface area contributed by atoms with Crippen molar-refractivity contribution in [1.29, 1.82) is 0 Å². The summed E-state index contributed by atoms with van der Waals surface area (Å²) in [5, 5.41) is 50.7. The first-order valence-corrected chi connectivity index (χ1v) is 8.71. The molecule has 13 heteroatoms. The third kappa shape index (κ3) is 5.10. The average Bonchev–Trinajstić information content (AvgIpc) is 2.77. The molecule has 0 atom stereocenters. The molecular formula is C19H12N6O7. The van der Waals surface area contributed by atoms with Crippen LogP contribution in [0.4, 0.5) is 34.1 Å². The van der Waals surface area contributed by atoms with Gasteiger partial charge in [-0.3, -0.25) is 30.3 Å². The molecule has 0 aliphatic heterocycles. The Morgan fingerprint density at radius 2 is 1.31 bits per heavy atom. The van der Waals surface area contributed by atoms with E-state index in [2.05, 4.69) is 15.2 Å². The quantitative estimate of drug-likeness (QED) is 0.225. The monoisotopic (exact) mass is 436 g/mol. The van der Waals surface area contributed by atoms with Crippen molar-refractivity contribution >= 4 is 40.3 Å². The molecule has 0 fully saturated rings. The third-order valence-electron chi connectivity index (χ3n) is 4.06. The van der Waals surface area contributed by atoms with Gasteiger partial charge >= 0.3 is 5.69 Å². The summed E-state index contributed by atoms with van der Waals surface area (Å²) in [5.74, 6) is -0.187. The first-order valence-electron chi connectivity index (χ1n) is 8.71. The minimum Gasteiger partial charge on any atom is -0.507 e. The zero-order valence-corrected chi connectivity index (χ0v) is 15.9. The molecule has 0 radical (unpaired) electrons. The second-order valence-electron chi connectivity index (χ2n) is 6.16. The number of non-ortho nitro benzene ring substituents is 2. The van der Waals surface area contributed by atoms with E-state index in [0.717, 1.165) is 24.4 Å². The summed E-state index contributed by atoms with van der Waals surface area (Å²) in [6.07, 6.45) is 1.15. The zero-order chi connectivity index (χ0) is 23.3. The van der Waals surface area contributed by atoms with Crippen LogP contribution in [0, 0.1) is 30.3 Å². The average molecular weight is 436 g/mol. The van der Waals surface area contributed by atoms with Gasteiger partial charge in [-0.15, -0.1) is 0 Å². The number of nitro benzene ring substituents is 3. The molecular weight excluding hydrogens is 424 g/mol. The fourth-order valence-electron chi connectivity index (χ4n) is 2.48. The molecule has 160 valence electrons. The van der Waals surface area contributed by atoms with Crippen molar-refractivity contribution in [3.8, 4) is 5.75 Å². The topological polar surface area (TPSA) is 187 Å². The van der Waals surface area contributed by atoms with Crippen molar-refractivity contribution in [2.24, 2.45) is 15.2 Å². The molecule has 0 aliphatic carbocycles. The Labute approximate surface area is 178 Å². The van der Waals surface area contributed by atoms with Crippen molar-refractivity contribution in [2.45, 2.75) is 0 Å². The normalized spacial score (nSPS) is 11.1. The number of phenolic OH excluding ortho intramolecular Hbond substituents is 1. The van der Waals surface area contributed by atoms with Gasteiger partial charge in [-0.25, -0.2) is 4.99 Å². The predicted octanol–water partition coefficient (Wildman–Crippen LogP) is 5.28. The van der Waals surface area contributed by atoms with E-state index in [1.54, 1.807) is 0 Å². The summed E-state index contributed by atoms with van der Waals surface area (Å²) in [4.78, 5) is 34.6. The third-order valence-corrected chi connectivity index (χ3v) is 4.06. The number of azo groups is 1. The van der Waals surface area contributed by atoms with E-state index in [4.69, 9.17) is 0 Å². The largest absolute Gasteiger partial charge is 0.507 e. The molecule has 0 aromatic heterocycles. The maximum atomic E-state index is 11.2. The van der Waals surface area contributed by atoms with Gasteiger partial charge < -0.3 is 5.11 Å². The summed E-state index contributed by atoms with van der Waals surface area (Å²) in [5.41, 5.74) is -0.416. The standard InChI is InChI=1S/C19H12N6O7/c26-19-8-3-14(22-21-13-1-4-15(5-2-13)23(27)28)9-12(19)11-20-17-7-6-16(24(29)30)10-18(17)25(31)32/h1-11,26H. The molecule has 1 N–H and O–H groups in total. The van der Waals surface area contributed by atoms with Gasteiger partial charge in [0.05, 0.1) is 32.2 Å². The number of rotatable bonds is 7. The van der Waals surface area contributed by atoms with Crippen LogP contribution in [-0.4, -0.2) is 26.1 Å². The molecule has 3 aromatic carbocycles. The van der Waals surface area contributed by atoms with Crippen molar-refractivity contribution in [3.05, 3.63) is 96.6 Å². The number of phenols is 1. The van der Waals surface area contributed by atoms with E-state index in [1.807, 2.05) is 0 Å². The van der Waals surface area contributed by atoms with Crippen LogP contribution in [0.1, 0.15) is 5.56 Å². The van der Waals surface area contributed by atoms with Gasteiger partial charge in [0.25, 0.3) is 11.4 Å². The lowest BCUT2D eigenvalue weighted by Gasteiger charge is -2.01. The Hall–Kier alpha value is -5.07. The van der Waals surface area contributed by atoms with E-state index < -0.39 is 26.1 Å². The first-order chi connectivity index (χ1) is 15.2. The molecule has 13 nitrogen and oxygen atoms in total.